The normalized spacial score (nSPS) is 14.5. The zero-order chi connectivity index (χ0) is 28.2. The summed E-state index contributed by atoms with van der Waals surface area (Å²) in [4.78, 5) is 14.7. The van der Waals surface area contributed by atoms with Crippen LogP contribution in [0.1, 0.15) is 23.4 Å². The van der Waals surface area contributed by atoms with Crippen LogP contribution in [-0.4, -0.2) is 47.7 Å². The van der Waals surface area contributed by atoms with Gasteiger partial charge < -0.3 is 21.1 Å². The Morgan fingerprint density at radius 1 is 1.13 bits per heavy atom. The van der Waals surface area contributed by atoms with E-state index in [9.17, 15) is 18.0 Å². The molecule has 39 heavy (non-hydrogen) atoms. The standard InChI is InChI=1S/C25H26ClF3IN7O2/c26-20-11-15(5-6-21(20)34-24(38)33-17-4-1-3-16(12-17)25(27,28)29)19-13-18(37(35-30)22(19)23(31)32)14-36-7-2-9-39-10-8-36/h1,3-6,11-13,35H,2,7-10,14H2,(H3,31,32)(H2,33,34,38). The number of carbonyl (C=O) groups is 1. The minimum Gasteiger partial charge on any atom is -0.382 e. The number of halogens is 5. The second-order valence-corrected chi connectivity index (χ2v) is 9.72. The van der Waals surface area contributed by atoms with Crippen molar-refractivity contribution in [1.82, 2.24) is 9.58 Å². The molecule has 0 aliphatic carbocycles. The molecular weight excluding hydrogens is 650 g/mol. The van der Waals surface area contributed by atoms with Gasteiger partial charge in [0.15, 0.2) is 0 Å². The molecule has 2 aromatic carbocycles. The molecule has 1 saturated heterocycles. The van der Waals surface area contributed by atoms with Gasteiger partial charge in [0.05, 0.1) is 51.4 Å². The first-order valence-corrected chi connectivity index (χ1v) is 13.3. The second-order valence-electron chi connectivity index (χ2n) is 8.83. The molecule has 208 valence electrons. The summed E-state index contributed by atoms with van der Waals surface area (Å²) in [5.74, 6) is -0.140. The number of alkyl halides is 3. The maximum Gasteiger partial charge on any atom is 0.416 e. The molecule has 1 aliphatic heterocycles. The monoisotopic (exact) mass is 675 g/mol. The van der Waals surface area contributed by atoms with E-state index in [1.165, 1.54) is 12.1 Å². The number of nitrogens with two attached hydrogens (primary N) is 1. The lowest BCUT2D eigenvalue weighted by Crippen LogP contribution is -2.29. The number of rotatable bonds is 7. The summed E-state index contributed by atoms with van der Waals surface area (Å²) >= 11 is 8.46. The summed E-state index contributed by atoms with van der Waals surface area (Å²) in [5.41, 5.74) is 8.02. The van der Waals surface area contributed by atoms with Crippen LogP contribution in [0.15, 0.2) is 48.5 Å². The number of anilines is 2. The summed E-state index contributed by atoms with van der Waals surface area (Å²) in [6.07, 6.45) is -3.60. The third kappa shape index (κ3) is 7.15. The molecule has 1 fully saturated rings. The van der Waals surface area contributed by atoms with Gasteiger partial charge in [-0.3, -0.25) is 18.6 Å². The number of nitrogens with one attached hydrogen (secondary N) is 4. The molecular formula is C25H26ClF3IN7O2. The van der Waals surface area contributed by atoms with E-state index in [0.717, 1.165) is 43.9 Å². The Labute approximate surface area is 241 Å². The predicted molar refractivity (Wildman–Crippen MR) is 154 cm³/mol. The van der Waals surface area contributed by atoms with Crippen molar-refractivity contribution in [2.45, 2.75) is 19.1 Å². The van der Waals surface area contributed by atoms with E-state index in [1.54, 1.807) is 22.9 Å². The number of hydrogen-bond donors (Lipinski definition) is 5. The van der Waals surface area contributed by atoms with Gasteiger partial charge in [-0.1, -0.05) is 23.7 Å². The average molecular weight is 676 g/mol. The molecule has 3 aromatic rings. The number of nitrogens with zero attached hydrogens (tertiary/aromatic N) is 2. The van der Waals surface area contributed by atoms with E-state index in [2.05, 4.69) is 19.2 Å². The minimum atomic E-state index is -4.53. The fraction of sp³-hybridized carbons (Fsp3) is 0.280. The van der Waals surface area contributed by atoms with Crippen molar-refractivity contribution in [3.05, 3.63) is 70.5 Å². The lowest BCUT2D eigenvalue weighted by molar-refractivity contribution is -0.137. The van der Waals surface area contributed by atoms with Gasteiger partial charge in [0.2, 0.25) is 0 Å². The summed E-state index contributed by atoms with van der Waals surface area (Å²) in [5, 5.41) is 13.3. The predicted octanol–water partition coefficient (Wildman–Crippen LogP) is 5.87. The molecule has 6 N–H and O–H groups in total. The number of nitrogen functional groups attached to an aromatic ring is 1. The molecule has 2 heterocycles. The molecule has 0 unspecified atom stereocenters. The van der Waals surface area contributed by atoms with Gasteiger partial charge in [-0.25, -0.2) is 4.79 Å². The fourth-order valence-electron chi connectivity index (χ4n) is 4.29. The first kappa shape index (κ1) is 29.0. The van der Waals surface area contributed by atoms with Crippen LogP contribution in [0.4, 0.5) is 29.3 Å². The Morgan fingerprint density at radius 3 is 2.62 bits per heavy atom. The molecule has 0 saturated carbocycles. The molecule has 2 amide bonds. The molecule has 14 heteroatoms. The second kappa shape index (κ2) is 12.4. The van der Waals surface area contributed by atoms with Gasteiger partial charge >= 0.3 is 12.2 Å². The van der Waals surface area contributed by atoms with Gasteiger partial charge in [0, 0.05) is 37.5 Å². The number of benzene rings is 2. The molecule has 0 spiro atoms. The van der Waals surface area contributed by atoms with Gasteiger partial charge in [-0.15, -0.1) is 0 Å². The van der Waals surface area contributed by atoms with Crippen LogP contribution in [0.3, 0.4) is 0 Å². The van der Waals surface area contributed by atoms with E-state index in [1.807, 2.05) is 28.9 Å². The molecule has 0 bridgehead atoms. The zero-order valence-electron chi connectivity index (χ0n) is 20.5. The Kier molecular flexibility index (Phi) is 9.25. The van der Waals surface area contributed by atoms with E-state index < -0.39 is 17.8 Å². The first-order chi connectivity index (χ1) is 18.6. The van der Waals surface area contributed by atoms with Gasteiger partial charge in [0.1, 0.15) is 11.5 Å². The van der Waals surface area contributed by atoms with Crippen LogP contribution in [0.25, 0.3) is 11.1 Å². The summed E-state index contributed by atoms with van der Waals surface area (Å²) < 4.78 is 49.3. The van der Waals surface area contributed by atoms with Gasteiger partial charge in [-0.05, 0) is 48.4 Å². The van der Waals surface area contributed by atoms with Crippen LogP contribution in [0, 0.1) is 5.41 Å². The van der Waals surface area contributed by atoms with Crippen LogP contribution < -0.4 is 20.0 Å². The maximum atomic E-state index is 13.0. The largest absolute Gasteiger partial charge is 0.416 e. The van der Waals surface area contributed by atoms with Crippen molar-refractivity contribution in [3.8, 4) is 11.1 Å². The van der Waals surface area contributed by atoms with Gasteiger partial charge in [-0.2, -0.15) is 13.2 Å². The Bertz CT molecular complexity index is 1360. The van der Waals surface area contributed by atoms with Gasteiger partial charge in [0.25, 0.3) is 0 Å². The highest BCUT2D eigenvalue weighted by molar-refractivity contribution is 14.1. The minimum absolute atomic E-state index is 0.0164. The third-order valence-corrected chi connectivity index (χ3v) is 6.89. The molecule has 1 aromatic heterocycles. The highest BCUT2D eigenvalue weighted by atomic mass is 127. The van der Waals surface area contributed by atoms with Crippen molar-refractivity contribution in [1.29, 1.82) is 5.41 Å². The van der Waals surface area contributed by atoms with Crippen LogP contribution in [0.2, 0.25) is 5.02 Å². The maximum absolute atomic E-state index is 13.0. The van der Waals surface area contributed by atoms with E-state index >= 15 is 0 Å². The first-order valence-electron chi connectivity index (χ1n) is 11.9. The topological polar surface area (TPSA) is 120 Å². The number of aromatic nitrogens is 1. The number of urea groups is 1. The van der Waals surface area contributed by atoms with Crippen molar-refractivity contribution in [2.24, 2.45) is 5.73 Å². The number of amidine groups is 1. The van der Waals surface area contributed by atoms with Crippen molar-refractivity contribution >= 4 is 57.7 Å². The van der Waals surface area contributed by atoms with Crippen LogP contribution in [-0.2, 0) is 17.5 Å². The highest BCUT2D eigenvalue weighted by Gasteiger charge is 2.30. The molecule has 0 atom stereocenters. The Morgan fingerprint density at radius 2 is 1.92 bits per heavy atom. The summed E-state index contributed by atoms with van der Waals surface area (Å²) in [7, 11) is 0. The number of ether oxygens (including phenoxy) is 1. The number of hydrogen-bond acceptors (Lipinski definition) is 5. The van der Waals surface area contributed by atoms with E-state index in [0.29, 0.717) is 30.0 Å². The number of amides is 2. The average Bonchev–Trinajstić information content (AvgIpc) is 3.04. The lowest BCUT2D eigenvalue weighted by atomic mass is 10.0. The van der Waals surface area contributed by atoms with Crippen LogP contribution >= 0.6 is 34.5 Å². The summed E-state index contributed by atoms with van der Waals surface area (Å²) in [6, 6.07) is 10.4. The van der Waals surface area contributed by atoms with Crippen molar-refractivity contribution in [3.63, 3.8) is 0 Å². The molecule has 4 rings (SSSR count). The van der Waals surface area contributed by atoms with E-state index in [4.69, 9.17) is 27.5 Å². The molecule has 0 radical (unpaired) electrons. The third-order valence-electron chi connectivity index (χ3n) is 6.09. The highest BCUT2D eigenvalue weighted by Crippen LogP contribution is 2.34. The SMILES string of the molecule is N=C(N)c1c(-c2ccc(NC(=O)Nc3cccc(C(F)(F)F)c3)c(Cl)c2)cc(CN2CCCOCC2)n1NI. The lowest BCUT2D eigenvalue weighted by Gasteiger charge is -2.20. The van der Waals surface area contributed by atoms with Crippen LogP contribution in [0.5, 0.6) is 0 Å². The van der Waals surface area contributed by atoms with Crippen molar-refractivity contribution in [2.75, 3.05) is 40.6 Å². The zero-order valence-corrected chi connectivity index (χ0v) is 23.5. The Hall–Kier alpha value is -3.01. The summed E-state index contributed by atoms with van der Waals surface area (Å²) in [6.45, 7) is 3.65. The van der Waals surface area contributed by atoms with E-state index in [-0.39, 0.29) is 22.2 Å². The fourth-order valence-corrected chi connectivity index (χ4v) is 5.07. The Balaban J connectivity index is 1.55. The quantitative estimate of drug-likeness (QED) is 0.0929. The molecule has 9 nitrogen and oxygen atoms in total. The number of carbonyl (C=O) groups excluding carboxylic acids is 1. The smallest absolute Gasteiger partial charge is 0.382 e. The molecule has 1 aliphatic rings. The van der Waals surface area contributed by atoms with Crippen molar-refractivity contribution < 1.29 is 22.7 Å².